The number of carbonyl (C=O) groups excluding carboxylic acids is 1. The predicted molar refractivity (Wildman–Crippen MR) is 75.9 cm³/mol. The summed E-state index contributed by atoms with van der Waals surface area (Å²) in [6.07, 6.45) is 0.927. The first kappa shape index (κ1) is 15.0. The molecule has 1 atom stereocenters. The highest BCUT2D eigenvalue weighted by Gasteiger charge is 2.37. The minimum Gasteiger partial charge on any atom is -0.381 e. The maximum atomic E-state index is 12.4. The summed E-state index contributed by atoms with van der Waals surface area (Å²) in [6.45, 7) is 2.34. The Morgan fingerprint density at radius 2 is 2.05 bits per heavy atom. The van der Waals surface area contributed by atoms with E-state index in [1.54, 1.807) is 12.1 Å². The van der Waals surface area contributed by atoms with Crippen LogP contribution in [0.5, 0.6) is 0 Å². The van der Waals surface area contributed by atoms with E-state index in [4.69, 9.17) is 16.3 Å². The third-order valence-corrected chi connectivity index (χ3v) is 7.16. The van der Waals surface area contributed by atoms with Crippen LogP contribution < -0.4 is 0 Å². The van der Waals surface area contributed by atoms with E-state index in [0.29, 0.717) is 35.3 Å². The first-order valence-electron chi connectivity index (χ1n) is 6.03. The molecule has 7 heteroatoms. The molecule has 2 rings (SSSR count). The molecule has 4 nitrogen and oxygen atoms in total. The smallest absolute Gasteiger partial charge is 0.190 e. The molecule has 1 fully saturated rings. The highest BCUT2D eigenvalue weighted by atomic mass is 35.5. The van der Waals surface area contributed by atoms with E-state index in [1.165, 1.54) is 6.92 Å². The zero-order valence-corrected chi connectivity index (χ0v) is 12.9. The van der Waals surface area contributed by atoms with Crippen molar-refractivity contribution in [2.45, 2.75) is 30.3 Å². The lowest BCUT2D eigenvalue weighted by atomic mass is 10.2. The van der Waals surface area contributed by atoms with Crippen molar-refractivity contribution in [3.8, 4) is 0 Å². The molecule has 0 radical (unpaired) electrons. The monoisotopic (exact) mass is 322 g/mol. The Kier molecular flexibility index (Phi) is 4.66. The lowest BCUT2D eigenvalue weighted by molar-refractivity contribution is 0.0959. The van der Waals surface area contributed by atoms with Crippen molar-refractivity contribution in [2.75, 3.05) is 13.2 Å². The van der Waals surface area contributed by atoms with Gasteiger partial charge >= 0.3 is 0 Å². The van der Waals surface area contributed by atoms with Gasteiger partial charge in [-0.05, 0) is 31.9 Å². The van der Waals surface area contributed by atoms with Gasteiger partial charge in [0.2, 0.25) is 0 Å². The number of thiophene rings is 1. The molecule has 106 valence electrons. The first-order chi connectivity index (χ1) is 8.93. The summed E-state index contributed by atoms with van der Waals surface area (Å²) in [4.78, 5) is 12.6. The molecule has 0 spiro atoms. The Morgan fingerprint density at radius 1 is 1.42 bits per heavy atom. The van der Waals surface area contributed by atoms with Gasteiger partial charge in [-0.25, -0.2) is 8.42 Å². The maximum absolute atomic E-state index is 12.4. The fourth-order valence-corrected chi connectivity index (χ4v) is 5.09. The highest BCUT2D eigenvalue weighted by Crippen LogP contribution is 2.27. The Morgan fingerprint density at radius 3 is 2.58 bits per heavy atom. The first-order valence-corrected chi connectivity index (χ1v) is 8.83. The van der Waals surface area contributed by atoms with Gasteiger partial charge in [-0.3, -0.25) is 4.79 Å². The summed E-state index contributed by atoms with van der Waals surface area (Å²) in [6, 6.07) is 3.18. The van der Waals surface area contributed by atoms with Gasteiger partial charge in [-0.1, -0.05) is 11.6 Å². The number of rotatable bonds is 4. The zero-order chi connectivity index (χ0) is 14.0. The molecule has 1 aliphatic rings. The second-order valence-corrected chi connectivity index (χ2v) is 8.78. The van der Waals surface area contributed by atoms with Crippen molar-refractivity contribution in [3.63, 3.8) is 0 Å². The van der Waals surface area contributed by atoms with Gasteiger partial charge in [-0.2, -0.15) is 0 Å². The summed E-state index contributed by atoms with van der Waals surface area (Å²) >= 11 is 6.89. The quantitative estimate of drug-likeness (QED) is 0.799. The van der Waals surface area contributed by atoms with E-state index < -0.39 is 20.3 Å². The second kappa shape index (κ2) is 5.91. The average molecular weight is 323 g/mol. The lowest BCUT2D eigenvalue weighted by Gasteiger charge is -2.24. The van der Waals surface area contributed by atoms with Gasteiger partial charge in [0.25, 0.3) is 0 Å². The van der Waals surface area contributed by atoms with Crippen LogP contribution in [0.3, 0.4) is 0 Å². The minimum atomic E-state index is -3.47. The van der Waals surface area contributed by atoms with Crippen LogP contribution in [-0.2, 0) is 14.6 Å². The molecule has 1 aromatic heterocycles. The van der Waals surface area contributed by atoms with Crippen LogP contribution in [0.2, 0.25) is 4.34 Å². The van der Waals surface area contributed by atoms with Crippen LogP contribution in [0.15, 0.2) is 12.1 Å². The Labute approximate surface area is 121 Å². The van der Waals surface area contributed by atoms with E-state index in [2.05, 4.69) is 0 Å². The van der Waals surface area contributed by atoms with Crippen molar-refractivity contribution < 1.29 is 17.9 Å². The van der Waals surface area contributed by atoms with Gasteiger partial charge < -0.3 is 4.74 Å². The van der Waals surface area contributed by atoms with Gasteiger partial charge in [0.15, 0.2) is 15.6 Å². The van der Waals surface area contributed by atoms with Gasteiger partial charge in [0.1, 0.15) is 5.25 Å². The third kappa shape index (κ3) is 3.18. The van der Waals surface area contributed by atoms with Crippen LogP contribution in [0, 0.1) is 0 Å². The van der Waals surface area contributed by atoms with E-state index >= 15 is 0 Å². The number of ketones is 1. The van der Waals surface area contributed by atoms with Crippen LogP contribution in [0.1, 0.15) is 29.4 Å². The van der Waals surface area contributed by atoms with E-state index in [1.807, 2.05) is 0 Å². The van der Waals surface area contributed by atoms with Crippen LogP contribution >= 0.6 is 22.9 Å². The van der Waals surface area contributed by atoms with Crippen LogP contribution in [-0.4, -0.2) is 37.9 Å². The molecule has 19 heavy (non-hydrogen) atoms. The highest BCUT2D eigenvalue weighted by molar-refractivity contribution is 7.93. The van der Waals surface area contributed by atoms with Crippen molar-refractivity contribution >= 4 is 38.6 Å². The SMILES string of the molecule is CC(C(=O)c1ccc(Cl)s1)S(=O)(=O)C1CCOCC1. The summed E-state index contributed by atoms with van der Waals surface area (Å²) in [5.41, 5.74) is 0. The number of hydrogen-bond acceptors (Lipinski definition) is 5. The summed E-state index contributed by atoms with van der Waals surface area (Å²) in [7, 11) is -3.47. The van der Waals surface area contributed by atoms with Crippen LogP contribution in [0.4, 0.5) is 0 Å². The lowest BCUT2D eigenvalue weighted by Crippen LogP contribution is -2.38. The van der Waals surface area contributed by atoms with Gasteiger partial charge in [-0.15, -0.1) is 11.3 Å². The largest absolute Gasteiger partial charge is 0.381 e. The molecule has 1 saturated heterocycles. The average Bonchev–Trinajstić information content (AvgIpc) is 2.84. The second-order valence-electron chi connectivity index (χ2n) is 4.51. The number of hydrogen-bond donors (Lipinski definition) is 0. The number of sulfone groups is 1. The molecule has 0 aromatic carbocycles. The molecule has 0 saturated carbocycles. The molecule has 1 aromatic rings. The maximum Gasteiger partial charge on any atom is 0.190 e. The number of ether oxygens (including phenoxy) is 1. The normalized spacial score (nSPS) is 19.3. The molecule has 1 aliphatic heterocycles. The summed E-state index contributed by atoms with van der Waals surface area (Å²) < 4.78 is 30.4. The molecular weight excluding hydrogens is 308 g/mol. The molecule has 0 bridgehead atoms. The Hall–Kier alpha value is -0.430. The van der Waals surface area contributed by atoms with Crippen molar-refractivity contribution in [1.82, 2.24) is 0 Å². The Balaban J connectivity index is 2.17. The molecule has 0 N–H and O–H groups in total. The zero-order valence-electron chi connectivity index (χ0n) is 10.5. The molecule has 2 heterocycles. The van der Waals surface area contributed by atoms with E-state index in [-0.39, 0.29) is 5.78 Å². The van der Waals surface area contributed by atoms with E-state index in [0.717, 1.165) is 11.3 Å². The molecule has 1 unspecified atom stereocenters. The van der Waals surface area contributed by atoms with Crippen molar-refractivity contribution in [1.29, 1.82) is 0 Å². The third-order valence-electron chi connectivity index (χ3n) is 3.31. The van der Waals surface area contributed by atoms with Gasteiger partial charge in [0, 0.05) is 13.2 Å². The number of Topliss-reactive ketones (excluding diaryl/α,β-unsaturated/α-hetero) is 1. The Bertz CT molecular complexity index is 558. The topological polar surface area (TPSA) is 60.4 Å². The fourth-order valence-electron chi connectivity index (χ4n) is 2.09. The van der Waals surface area contributed by atoms with Crippen molar-refractivity contribution in [2.24, 2.45) is 0 Å². The van der Waals surface area contributed by atoms with Gasteiger partial charge in [0.05, 0.1) is 14.5 Å². The predicted octanol–water partition coefficient (Wildman–Crippen LogP) is 2.57. The number of halogens is 1. The molecule has 0 aliphatic carbocycles. The minimum absolute atomic E-state index is 0.372. The van der Waals surface area contributed by atoms with Crippen LogP contribution in [0.25, 0.3) is 0 Å². The standard InChI is InChI=1S/C12H15ClO4S2/c1-8(12(14)10-2-3-11(13)18-10)19(15,16)9-4-6-17-7-5-9/h2-3,8-9H,4-7H2,1H3. The van der Waals surface area contributed by atoms with E-state index in [9.17, 15) is 13.2 Å². The summed E-state index contributed by atoms with van der Waals surface area (Å²) in [5, 5.41) is -1.50. The number of carbonyl (C=O) groups is 1. The molecule has 0 amide bonds. The van der Waals surface area contributed by atoms with Crippen molar-refractivity contribution in [3.05, 3.63) is 21.3 Å². The fraction of sp³-hybridized carbons (Fsp3) is 0.583. The summed E-state index contributed by atoms with van der Waals surface area (Å²) in [5.74, 6) is -0.372. The molecular formula is C12H15ClO4S2.